The van der Waals surface area contributed by atoms with E-state index in [9.17, 15) is 0 Å². The predicted molar refractivity (Wildman–Crippen MR) is 64.7 cm³/mol. The third-order valence-corrected chi connectivity index (χ3v) is 3.02. The van der Waals surface area contributed by atoms with Crippen molar-refractivity contribution in [2.45, 2.75) is 0 Å². The molecule has 72 valence electrons. The van der Waals surface area contributed by atoms with Gasteiger partial charge in [-0.3, -0.25) is 0 Å². The molecular formula is C9H17N3Si. The average molecular weight is 195 g/mol. The second-order valence-electron chi connectivity index (χ2n) is 2.93. The largest absolute Gasteiger partial charge is 0.387 e. The van der Waals surface area contributed by atoms with E-state index in [4.69, 9.17) is 0 Å². The van der Waals surface area contributed by atoms with Crippen LogP contribution in [0.1, 0.15) is 0 Å². The molecule has 0 saturated carbocycles. The maximum Gasteiger partial charge on any atom is 0.0807 e. The second kappa shape index (κ2) is 4.18. The minimum Gasteiger partial charge on any atom is -0.387 e. The van der Waals surface area contributed by atoms with Gasteiger partial charge in [0.2, 0.25) is 0 Å². The lowest BCUT2D eigenvalue weighted by atomic mass is 10.2. The summed E-state index contributed by atoms with van der Waals surface area (Å²) >= 11 is 0. The minimum atomic E-state index is 1.06. The first-order valence-electron chi connectivity index (χ1n) is 4.41. The average Bonchev–Trinajstić information content (AvgIpc) is 2.17. The van der Waals surface area contributed by atoms with E-state index in [0.29, 0.717) is 0 Å². The third kappa shape index (κ3) is 1.77. The molecule has 13 heavy (non-hydrogen) atoms. The lowest BCUT2D eigenvalue weighted by molar-refractivity contribution is 1.43. The van der Waals surface area contributed by atoms with Crippen molar-refractivity contribution in [3.05, 3.63) is 12.1 Å². The molecule has 0 saturated heterocycles. The summed E-state index contributed by atoms with van der Waals surface area (Å²) in [6.07, 6.45) is 0. The van der Waals surface area contributed by atoms with E-state index in [1.807, 2.05) is 21.1 Å². The molecule has 0 unspecified atom stereocenters. The van der Waals surface area contributed by atoms with Crippen molar-refractivity contribution in [3.8, 4) is 0 Å². The zero-order chi connectivity index (χ0) is 9.84. The van der Waals surface area contributed by atoms with Gasteiger partial charge in [0.1, 0.15) is 0 Å². The molecule has 3 nitrogen and oxygen atoms in total. The van der Waals surface area contributed by atoms with Crippen molar-refractivity contribution in [3.63, 3.8) is 0 Å². The van der Waals surface area contributed by atoms with Crippen LogP contribution in [-0.4, -0.2) is 31.4 Å². The van der Waals surface area contributed by atoms with Crippen LogP contribution >= 0.6 is 0 Å². The quantitative estimate of drug-likeness (QED) is 0.585. The molecule has 0 spiro atoms. The molecule has 1 aromatic carbocycles. The highest BCUT2D eigenvalue weighted by Crippen LogP contribution is 2.27. The molecule has 0 amide bonds. The Labute approximate surface area is 82.3 Å². The molecule has 0 aromatic heterocycles. The molecule has 0 bridgehead atoms. The number of nitrogens with one attached hydrogen (secondary N) is 3. The van der Waals surface area contributed by atoms with Gasteiger partial charge in [-0.05, 0) is 11.3 Å². The Morgan fingerprint density at radius 1 is 0.923 bits per heavy atom. The van der Waals surface area contributed by atoms with E-state index in [0.717, 1.165) is 21.6 Å². The van der Waals surface area contributed by atoms with Crippen LogP contribution < -0.4 is 21.1 Å². The maximum atomic E-state index is 3.22. The van der Waals surface area contributed by atoms with Crippen LogP contribution in [0.4, 0.5) is 17.1 Å². The normalized spacial score (nSPS) is 9.77. The van der Waals surface area contributed by atoms with Crippen molar-refractivity contribution in [1.82, 2.24) is 0 Å². The van der Waals surface area contributed by atoms with Crippen molar-refractivity contribution < 1.29 is 0 Å². The van der Waals surface area contributed by atoms with Crippen LogP contribution in [0.25, 0.3) is 0 Å². The van der Waals surface area contributed by atoms with Crippen molar-refractivity contribution in [2.75, 3.05) is 37.1 Å². The zero-order valence-corrected chi connectivity index (χ0v) is 10.7. The first kappa shape index (κ1) is 9.92. The van der Waals surface area contributed by atoms with Crippen LogP contribution in [-0.2, 0) is 0 Å². The summed E-state index contributed by atoms with van der Waals surface area (Å²) in [6.45, 7) is 0. The fraction of sp³-hybridized carbons (Fsp3) is 0.333. The van der Waals surface area contributed by atoms with Crippen LogP contribution in [0.5, 0.6) is 0 Å². The van der Waals surface area contributed by atoms with Gasteiger partial charge in [-0.2, -0.15) is 0 Å². The molecule has 1 aromatic rings. The lowest BCUT2D eigenvalue weighted by Crippen LogP contribution is -2.13. The molecule has 4 heteroatoms. The van der Waals surface area contributed by atoms with Gasteiger partial charge in [0.15, 0.2) is 0 Å². The Morgan fingerprint density at radius 3 is 2.00 bits per heavy atom. The van der Waals surface area contributed by atoms with Gasteiger partial charge in [0.25, 0.3) is 0 Å². The Kier molecular flexibility index (Phi) is 3.19. The smallest absolute Gasteiger partial charge is 0.0807 e. The molecule has 0 aliphatic rings. The molecule has 0 aliphatic heterocycles. The summed E-state index contributed by atoms with van der Waals surface area (Å²) in [6, 6.07) is 4.26. The standard InChI is InChI=1S/C9H17N3Si/c1-10-6-4-5-7(13)9(12-3)8(6)11-2/h4-5,10-12H,1-3,13H3. The fourth-order valence-electron chi connectivity index (χ4n) is 1.50. The van der Waals surface area contributed by atoms with Gasteiger partial charge in [-0.1, -0.05) is 6.07 Å². The molecule has 0 heterocycles. The first-order valence-corrected chi connectivity index (χ1v) is 5.41. The second-order valence-corrected chi connectivity index (χ2v) is 4.01. The van der Waals surface area contributed by atoms with Gasteiger partial charge in [0.05, 0.1) is 17.1 Å². The van der Waals surface area contributed by atoms with Gasteiger partial charge in [0, 0.05) is 31.4 Å². The molecule has 3 N–H and O–H groups in total. The summed E-state index contributed by atoms with van der Waals surface area (Å²) in [4.78, 5) is 0. The maximum absolute atomic E-state index is 3.22. The van der Waals surface area contributed by atoms with Crippen LogP contribution in [0.3, 0.4) is 0 Å². The molecule has 1 rings (SSSR count). The van der Waals surface area contributed by atoms with E-state index >= 15 is 0 Å². The van der Waals surface area contributed by atoms with Gasteiger partial charge in [-0.25, -0.2) is 0 Å². The van der Waals surface area contributed by atoms with E-state index in [1.165, 1.54) is 10.9 Å². The highest BCUT2D eigenvalue weighted by molar-refractivity contribution is 6.37. The number of hydrogen-bond donors (Lipinski definition) is 3. The first-order chi connectivity index (χ1) is 6.24. The van der Waals surface area contributed by atoms with Gasteiger partial charge >= 0.3 is 0 Å². The van der Waals surface area contributed by atoms with E-state index in [1.54, 1.807) is 0 Å². The third-order valence-electron chi connectivity index (χ3n) is 2.18. The summed E-state index contributed by atoms with van der Waals surface area (Å²) in [7, 11) is 6.89. The Balaban J connectivity index is 3.27. The SMILES string of the molecule is CNc1ccc([SiH3])c(NC)c1NC. The van der Waals surface area contributed by atoms with Crippen molar-refractivity contribution in [2.24, 2.45) is 0 Å². The summed E-state index contributed by atoms with van der Waals surface area (Å²) in [5, 5.41) is 11.0. The van der Waals surface area contributed by atoms with Gasteiger partial charge in [-0.15, -0.1) is 0 Å². The topological polar surface area (TPSA) is 36.1 Å². The predicted octanol–water partition coefficient (Wildman–Crippen LogP) is -0.198. The van der Waals surface area contributed by atoms with E-state index < -0.39 is 0 Å². The molecule has 0 radical (unpaired) electrons. The molecular weight excluding hydrogens is 178 g/mol. The monoisotopic (exact) mass is 195 g/mol. The van der Waals surface area contributed by atoms with E-state index in [-0.39, 0.29) is 0 Å². The summed E-state index contributed by atoms with van der Waals surface area (Å²) in [5.41, 5.74) is 3.49. The summed E-state index contributed by atoms with van der Waals surface area (Å²) < 4.78 is 0. The van der Waals surface area contributed by atoms with Gasteiger partial charge < -0.3 is 16.0 Å². The number of benzene rings is 1. The van der Waals surface area contributed by atoms with Crippen LogP contribution in [0, 0.1) is 0 Å². The summed E-state index contributed by atoms with van der Waals surface area (Å²) in [5.74, 6) is 0. The van der Waals surface area contributed by atoms with Crippen molar-refractivity contribution in [1.29, 1.82) is 0 Å². The highest BCUT2D eigenvalue weighted by atomic mass is 28.1. The fourth-order valence-corrected chi connectivity index (χ4v) is 2.16. The lowest BCUT2D eigenvalue weighted by Gasteiger charge is -2.16. The molecule has 0 fully saturated rings. The molecule has 0 aliphatic carbocycles. The molecule has 0 atom stereocenters. The van der Waals surface area contributed by atoms with Crippen LogP contribution in [0.2, 0.25) is 0 Å². The number of rotatable bonds is 3. The minimum absolute atomic E-state index is 1.06. The zero-order valence-electron chi connectivity index (χ0n) is 8.65. The Morgan fingerprint density at radius 2 is 1.54 bits per heavy atom. The highest BCUT2D eigenvalue weighted by Gasteiger charge is 2.06. The van der Waals surface area contributed by atoms with Crippen LogP contribution in [0.15, 0.2) is 12.1 Å². The number of anilines is 3. The van der Waals surface area contributed by atoms with E-state index in [2.05, 4.69) is 28.1 Å². The number of hydrogen-bond acceptors (Lipinski definition) is 3. The Hall–Kier alpha value is -1.16. The van der Waals surface area contributed by atoms with Crippen molar-refractivity contribution >= 4 is 32.5 Å². The Bertz CT molecular complexity index is 299.